The van der Waals surface area contributed by atoms with E-state index in [-0.39, 0.29) is 0 Å². The Hall–Kier alpha value is -0.600. The first-order chi connectivity index (χ1) is 3.48. The van der Waals surface area contributed by atoms with Crippen LogP contribution in [0.15, 0.2) is 17.9 Å². The highest BCUT2D eigenvalue weighted by Crippen LogP contribution is 1.94. The lowest BCUT2D eigenvalue weighted by molar-refractivity contribution is 0.546. The van der Waals surface area contributed by atoms with E-state index in [1.807, 2.05) is 0 Å². The van der Waals surface area contributed by atoms with Crippen LogP contribution in [0.2, 0.25) is 0 Å². The van der Waals surface area contributed by atoms with Gasteiger partial charge in [-0.25, -0.2) is 0 Å². The molecule has 0 aliphatic carbocycles. The third kappa shape index (κ3) is 1.91. The van der Waals surface area contributed by atoms with Gasteiger partial charge < -0.3 is 0 Å². The smallest absolute Gasteiger partial charge is 0.146 e. The van der Waals surface area contributed by atoms with E-state index >= 15 is 0 Å². The molecule has 0 radical (unpaired) electrons. The molecule has 0 rings (SSSR count). The Morgan fingerprint density at radius 3 is 1.88 bits per heavy atom. The second-order valence-electron chi connectivity index (χ2n) is 1.73. The van der Waals surface area contributed by atoms with Crippen LogP contribution in [-0.2, 0) is 0 Å². The minimum Gasteiger partial charge on any atom is -0.297 e. The molecule has 0 aromatic carbocycles. The molecule has 0 fully saturated rings. The maximum Gasteiger partial charge on any atom is 0.146 e. The van der Waals surface area contributed by atoms with E-state index in [1.54, 1.807) is 6.92 Å². The summed E-state index contributed by atoms with van der Waals surface area (Å²) >= 11 is 0. The lowest BCUT2D eigenvalue weighted by atomic mass is 10.2. The highest BCUT2D eigenvalue weighted by atomic mass is 15.1. The average molecular weight is 113 g/mol. The van der Waals surface area contributed by atoms with Gasteiger partial charge in [0.1, 0.15) is 5.79 Å². The monoisotopic (exact) mass is 113 g/mol. The Morgan fingerprint density at radius 2 is 1.88 bits per heavy atom. The van der Waals surface area contributed by atoms with Gasteiger partial charge in [-0.1, -0.05) is 6.58 Å². The number of nitrogens with two attached hydrogens (primary N) is 3. The van der Waals surface area contributed by atoms with E-state index in [4.69, 9.17) is 17.2 Å². The first-order valence-electron chi connectivity index (χ1n) is 2.22. The van der Waals surface area contributed by atoms with Crippen molar-refractivity contribution in [1.29, 1.82) is 0 Å². The van der Waals surface area contributed by atoms with E-state index in [2.05, 4.69) is 12.3 Å². The quantitative estimate of drug-likeness (QED) is 0.309. The predicted octanol–water partition coefficient (Wildman–Crippen LogP) is -0.752. The maximum atomic E-state index is 5.21. The van der Waals surface area contributed by atoms with Crippen molar-refractivity contribution in [3.63, 3.8) is 0 Å². The molecule has 6 N–H and O–H groups in total. The average Bonchev–Trinajstić information content (AvgIpc) is 1.62. The summed E-state index contributed by atoms with van der Waals surface area (Å²) in [5.74, 6) is -1.25. The van der Waals surface area contributed by atoms with Crippen LogP contribution in [0.4, 0.5) is 0 Å². The fraction of sp³-hybridized carbons (Fsp3) is 0.400. The molecular weight excluding hydrogens is 102 g/mol. The van der Waals surface area contributed by atoms with E-state index < -0.39 is 5.79 Å². The summed E-state index contributed by atoms with van der Waals surface area (Å²) in [6.07, 6.45) is 0. The molecule has 0 aromatic rings. The predicted molar refractivity (Wildman–Crippen MR) is 33.6 cm³/mol. The van der Waals surface area contributed by atoms with Crippen LogP contribution >= 0.6 is 0 Å². The van der Waals surface area contributed by atoms with Crippen molar-refractivity contribution in [2.75, 3.05) is 0 Å². The third-order valence-electron chi connectivity index (χ3n) is 0.915. The molecule has 0 saturated carbocycles. The Bertz CT molecular complexity index is 125. The summed E-state index contributed by atoms with van der Waals surface area (Å²) < 4.78 is 0. The Kier molecular flexibility index (Phi) is 1.95. The molecule has 46 valence electrons. The largest absolute Gasteiger partial charge is 0.297 e. The second kappa shape index (κ2) is 2.11. The van der Waals surface area contributed by atoms with Crippen molar-refractivity contribution in [3.05, 3.63) is 17.9 Å². The summed E-state index contributed by atoms with van der Waals surface area (Å²) in [6, 6.07) is 0. The van der Waals surface area contributed by atoms with Gasteiger partial charge >= 0.3 is 0 Å². The lowest BCUT2D eigenvalue weighted by Gasteiger charge is -2.16. The molecule has 0 saturated heterocycles. The van der Waals surface area contributed by atoms with Gasteiger partial charge in [0, 0.05) is 5.57 Å². The number of hydrogen-bond acceptors (Lipinski definition) is 3. The lowest BCUT2D eigenvalue weighted by Crippen LogP contribution is -2.58. The number of rotatable bonds is 1. The van der Waals surface area contributed by atoms with Crippen LogP contribution < -0.4 is 17.2 Å². The minimum atomic E-state index is -1.25. The van der Waals surface area contributed by atoms with E-state index in [9.17, 15) is 0 Å². The summed E-state index contributed by atoms with van der Waals surface area (Å²) in [4.78, 5) is 0. The van der Waals surface area contributed by atoms with Crippen LogP contribution in [0.1, 0.15) is 6.92 Å². The molecule has 3 nitrogen and oxygen atoms in total. The molecule has 8 heavy (non-hydrogen) atoms. The highest BCUT2D eigenvalue weighted by Gasteiger charge is 2.12. The normalized spacial score (nSPS) is 10.5. The molecule has 0 aliphatic rings. The van der Waals surface area contributed by atoms with Crippen molar-refractivity contribution >= 4 is 0 Å². The fourth-order valence-corrected chi connectivity index (χ4v) is 0.153. The van der Waals surface area contributed by atoms with Crippen LogP contribution in [0.25, 0.3) is 0 Å². The fourth-order valence-electron chi connectivity index (χ4n) is 0.153. The Morgan fingerprint density at radius 1 is 1.50 bits per heavy atom. The van der Waals surface area contributed by atoms with Gasteiger partial charge in [0.25, 0.3) is 0 Å². The van der Waals surface area contributed by atoms with E-state index in [0.717, 1.165) is 0 Å². The van der Waals surface area contributed by atoms with Gasteiger partial charge in [-0.05, 0) is 6.92 Å². The standard InChI is InChI=1S/C5H11N3/c1-3-4(2)5(6,7)8/h1,6-8H2,2H3. The maximum absolute atomic E-state index is 5.21. The van der Waals surface area contributed by atoms with Crippen molar-refractivity contribution in [2.24, 2.45) is 17.2 Å². The summed E-state index contributed by atoms with van der Waals surface area (Å²) in [7, 11) is 0. The molecule has 0 aromatic heterocycles. The first-order valence-corrected chi connectivity index (χ1v) is 2.22. The molecule has 0 aliphatic heterocycles. The van der Waals surface area contributed by atoms with Gasteiger partial charge in [-0.15, -0.1) is 5.73 Å². The van der Waals surface area contributed by atoms with Crippen LogP contribution in [0.3, 0.4) is 0 Å². The van der Waals surface area contributed by atoms with Gasteiger partial charge in [0.15, 0.2) is 0 Å². The molecule has 3 heteroatoms. The zero-order valence-electron chi connectivity index (χ0n) is 4.94. The summed E-state index contributed by atoms with van der Waals surface area (Å²) in [6.45, 7) is 5.00. The summed E-state index contributed by atoms with van der Waals surface area (Å²) in [5, 5.41) is 0. The molecule has 0 heterocycles. The third-order valence-corrected chi connectivity index (χ3v) is 0.915. The van der Waals surface area contributed by atoms with Gasteiger partial charge in [0.05, 0.1) is 0 Å². The second-order valence-corrected chi connectivity index (χ2v) is 1.73. The zero-order valence-corrected chi connectivity index (χ0v) is 4.94. The topological polar surface area (TPSA) is 78.1 Å². The Balaban J connectivity index is 4.26. The van der Waals surface area contributed by atoms with Gasteiger partial charge in [-0.2, -0.15) is 0 Å². The zero-order chi connectivity index (χ0) is 6.78. The molecule has 0 unspecified atom stereocenters. The van der Waals surface area contributed by atoms with Crippen LogP contribution in [0, 0.1) is 0 Å². The molecule has 0 bridgehead atoms. The van der Waals surface area contributed by atoms with Crippen LogP contribution in [-0.4, -0.2) is 5.79 Å². The van der Waals surface area contributed by atoms with Crippen LogP contribution in [0.5, 0.6) is 0 Å². The van der Waals surface area contributed by atoms with Crippen molar-refractivity contribution in [2.45, 2.75) is 12.7 Å². The van der Waals surface area contributed by atoms with Gasteiger partial charge in [-0.3, -0.25) is 17.2 Å². The highest BCUT2D eigenvalue weighted by molar-refractivity contribution is 5.08. The number of hydrogen-bond donors (Lipinski definition) is 3. The van der Waals surface area contributed by atoms with E-state index in [0.29, 0.717) is 5.57 Å². The molecule has 0 atom stereocenters. The van der Waals surface area contributed by atoms with E-state index in [1.165, 1.54) is 0 Å². The minimum absolute atomic E-state index is 0.553. The Labute approximate surface area is 48.8 Å². The van der Waals surface area contributed by atoms with Crippen molar-refractivity contribution < 1.29 is 0 Å². The summed E-state index contributed by atoms with van der Waals surface area (Å²) in [5.41, 5.74) is 18.7. The van der Waals surface area contributed by atoms with Gasteiger partial charge in [0.2, 0.25) is 0 Å². The molecule has 0 amide bonds. The van der Waals surface area contributed by atoms with Crippen molar-refractivity contribution in [1.82, 2.24) is 0 Å². The molecular formula is C5H11N3. The molecule has 0 spiro atoms. The first kappa shape index (κ1) is 7.40. The van der Waals surface area contributed by atoms with Crippen molar-refractivity contribution in [3.8, 4) is 0 Å². The SMILES string of the molecule is C=C=C(C)C(N)(N)N.